The summed E-state index contributed by atoms with van der Waals surface area (Å²) in [7, 11) is 1.95. The van der Waals surface area contributed by atoms with E-state index in [1.165, 1.54) is 0 Å². The molecule has 0 aliphatic rings. The molecular formula is C11H14NO2-. The zero-order valence-electron chi connectivity index (χ0n) is 8.27. The number of carboxylic acids is 1. The summed E-state index contributed by atoms with van der Waals surface area (Å²) < 4.78 is 0. The van der Waals surface area contributed by atoms with E-state index in [0.29, 0.717) is 6.42 Å². The molecule has 1 rings (SSSR count). The summed E-state index contributed by atoms with van der Waals surface area (Å²) in [6.45, 7) is 0.734. The molecule has 0 atom stereocenters. The molecule has 0 aliphatic heterocycles. The minimum Gasteiger partial charge on any atom is -0.550 e. The summed E-state index contributed by atoms with van der Waals surface area (Å²) in [6, 6.07) is 9.88. The minimum absolute atomic E-state index is 0.122. The van der Waals surface area contributed by atoms with Crippen molar-refractivity contribution in [1.82, 2.24) is 0 Å². The van der Waals surface area contributed by atoms with Crippen LogP contribution < -0.4 is 10.0 Å². The maximum absolute atomic E-state index is 10.2. The molecule has 0 saturated heterocycles. The number of anilines is 1. The van der Waals surface area contributed by atoms with Gasteiger partial charge in [-0.1, -0.05) is 18.2 Å². The molecule has 0 saturated carbocycles. The first-order valence-electron chi connectivity index (χ1n) is 4.66. The van der Waals surface area contributed by atoms with Crippen LogP contribution in [0, 0.1) is 0 Å². The molecule has 0 radical (unpaired) electrons. The predicted molar refractivity (Wildman–Crippen MR) is 54.0 cm³/mol. The average molecular weight is 192 g/mol. The summed E-state index contributed by atoms with van der Waals surface area (Å²) >= 11 is 0. The molecule has 0 fully saturated rings. The Labute approximate surface area is 84.0 Å². The minimum atomic E-state index is -0.980. The number of aliphatic carboxylic acids is 1. The predicted octanol–water partition coefficient (Wildman–Crippen LogP) is 0.653. The van der Waals surface area contributed by atoms with E-state index < -0.39 is 5.97 Å². The molecule has 3 nitrogen and oxygen atoms in total. The quantitative estimate of drug-likeness (QED) is 0.688. The highest BCUT2D eigenvalue weighted by Gasteiger charge is 1.98. The third-order valence-corrected chi connectivity index (χ3v) is 2.07. The Hall–Kier alpha value is -1.51. The van der Waals surface area contributed by atoms with E-state index in [-0.39, 0.29) is 6.42 Å². The summed E-state index contributed by atoms with van der Waals surface area (Å²) in [5, 5.41) is 10.2. The highest BCUT2D eigenvalue weighted by atomic mass is 16.4. The lowest BCUT2D eigenvalue weighted by Gasteiger charge is -2.19. The van der Waals surface area contributed by atoms with Crippen LogP contribution in [0.5, 0.6) is 0 Å². The summed E-state index contributed by atoms with van der Waals surface area (Å²) in [5.41, 5.74) is 1.10. The first-order chi connectivity index (χ1) is 6.70. The number of benzene rings is 1. The zero-order chi connectivity index (χ0) is 10.4. The standard InChI is InChI=1S/C11H15NO2/c1-12(9-5-8-11(13)14)10-6-3-2-4-7-10/h2-4,6-7H,5,8-9H2,1H3,(H,13,14)/p-1. The van der Waals surface area contributed by atoms with Gasteiger partial charge in [0, 0.05) is 25.2 Å². The molecule has 3 heteroatoms. The number of hydrogen-bond donors (Lipinski definition) is 0. The van der Waals surface area contributed by atoms with E-state index in [1.54, 1.807) is 0 Å². The van der Waals surface area contributed by atoms with Crippen molar-refractivity contribution in [3.63, 3.8) is 0 Å². The second kappa shape index (κ2) is 5.27. The van der Waals surface area contributed by atoms with E-state index in [1.807, 2.05) is 42.3 Å². The Balaban J connectivity index is 2.36. The first-order valence-corrected chi connectivity index (χ1v) is 4.66. The Morgan fingerprint density at radius 2 is 2.00 bits per heavy atom. The molecular weight excluding hydrogens is 178 g/mol. The summed E-state index contributed by atoms with van der Waals surface area (Å²) in [6.07, 6.45) is 0.741. The van der Waals surface area contributed by atoms with Gasteiger partial charge in [0.05, 0.1) is 0 Å². The fourth-order valence-electron chi connectivity index (χ4n) is 1.27. The lowest BCUT2D eigenvalue weighted by atomic mass is 10.2. The molecule has 14 heavy (non-hydrogen) atoms. The summed E-state index contributed by atoms with van der Waals surface area (Å²) in [5.74, 6) is -0.980. The van der Waals surface area contributed by atoms with Crippen LogP contribution in [0.3, 0.4) is 0 Å². The average Bonchev–Trinajstić information content (AvgIpc) is 2.18. The highest BCUT2D eigenvalue weighted by Crippen LogP contribution is 2.11. The van der Waals surface area contributed by atoms with E-state index in [2.05, 4.69) is 0 Å². The fourth-order valence-corrected chi connectivity index (χ4v) is 1.27. The second-order valence-electron chi connectivity index (χ2n) is 3.23. The number of hydrogen-bond acceptors (Lipinski definition) is 3. The van der Waals surface area contributed by atoms with Gasteiger partial charge >= 0.3 is 0 Å². The number of carbonyl (C=O) groups is 1. The van der Waals surface area contributed by atoms with Crippen LogP contribution in [0.15, 0.2) is 30.3 Å². The number of carbonyl (C=O) groups excluding carboxylic acids is 1. The normalized spacial score (nSPS) is 9.79. The number of nitrogens with zero attached hydrogens (tertiary/aromatic N) is 1. The Morgan fingerprint density at radius 1 is 1.36 bits per heavy atom. The van der Waals surface area contributed by atoms with E-state index in [9.17, 15) is 9.90 Å². The maximum Gasteiger partial charge on any atom is 0.0415 e. The van der Waals surface area contributed by atoms with Gasteiger partial charge in [0.2, 0.25) is 0 Å². The Morgan fingerprint density at radius 3 is 2.57 bits per heavy atom. The first kappa shape index (κ1) is 10.6. The van der Waals surface area contributed by atoms with Crippen molar-refractivity contribution < 1.29 is 9.90 Å². The summed E-state index contributed by atoms with van der Waals surface area (Å²) in [4.78, 5) is 12.2. The van der Waals surface area contributed by atoms with Gasteiger partial charge in [-0.2, -0.15) is 0 Å². The van der Waals surface area contributed by atoms with Gasteiger partial charge in [-0.15, -0.1) is 0 Å². The fraction of sp³-hybridized carbons (Fsp3) is 0.364. The molecule has 0 amide bonds. The molecule has 1 aromatic carbocycles. The van der Waals surface area contributed by atoms with Crippen LogP contribution in [-0.4, -0.2) is 19.6 Å². The Kier molecular flexibility index (Phi) is 3.98. The van der Waals surface area contributed by atoms with Crippen LogP contribution in [-0.2, 0) is 4.79 Å². The largest absolute Gasteiger partial charge is 0.550 e. The van der Waals surface area contributed by atoms with Gasteiger partial charge in [-0.05, 0) is 25.0 Å². The van der Waals surface area contributed by atoms with Gasteiger partial charge < -0.3 is 14.8 Å². The molecule has 0 aliphatic carbocycles. The second-order valence-corrected chi connectivity index (χ2v) is 3.23. The van der Waals surface area contributed by atoms with Crippen molar-refractivity contribution in [1.29, 1.82) is 0 Å². The molecule has 0 unspecified atom stereocenters. The number of para-hydroxylation sites is 1. The molecule has 0 bridgehead atoms. The molecule has 1 aromatic rings. The van der Waals surface area contributed by atoms with E-state index in [0.717, 1.165) is 12.2 Å². The highest BCUT2D eigenvalue weighted by molar-refractivity contribution is 5.64. The van der Waals surface area contributed by atoms with Crippen molar-refractivity contribution in [3.05, 3.63) is 30.3 Å². The maximum atomic E-state index is 10.2. The van der Waals surface area contributed by atoms with E-state index >= 15 is 0 Å². The zero-order valence-corrected chi connectivity index (χ0v) is 8.27. The van der Waals surface area contributed by atoms with Gasteiger partial charge in [0.15, 0.2) is 0 Å². The van der Waals surface area contributed by atoms with Gasteiger partial charge in [-0.25, -0.2) is 0 Å². The van der Waals surface area contributed by atoms with Crippen molar-refractivity contribution in [2.45, 2.75) is 12.8 Å². The monoisotopic (exact) mass is 192 g/mol. The van der Waals surface area contributed by atoms with Gasteiger partial charge in [-0.3, -0.25) is 0 Å². The van der Waals surface area contributed by atoms with E-state index in [4.69, 9.17) is 0 Å². The lowest BCUT2D eigenvalue weighted by Crippen LogP contribution is -2.25. The van der Waals surface area contributed by atoms with Crippen molar-refractivity contribution in [2.24, 2.45) is 0 Å². The molecule has 0 aromatic heterocycles. The van der Waals surface area contributed by atoms with Crippen LogP contribution in [0.25, 0.3) is 0 Å². The van der Waals surface area contributed by atoms with Crippen LogP contribution in [0.2, 0.25) is 0 Å². The Bertz CT molecular complexity index is 285. The van der Waals surface area contributed by atoms with Crippen LogP contribution in [0.1, 0.15) is 12.8 Å². The number of carboxylic acid groups (broad SMARTS) is 1. The topological polar surface area (TPSA) is 43.4 Å². The molecule has 0 heterocycles. The van der Waals surface area contributed by atoms with Gasteiger partial charge in [0.25, 0.3) is 0 Å². The third kappa shape index (κ3) is 3.47. The molecule has 0 N–H and O–H groups in total. The third-order valence-electron chi connectivity index (χ3n) is 2.07. The lowest BCUT2D eigenvalue weighted by molar-refractivity contribution is -0.305. The van der Waals surface area contributed by atoms with Gasteiger partial charge in [0.1, 0.15) is 0 Å². The van der Waals surface area contributed by atoms with Crippen molar-refractivity contribution in [2.75, 3.05) is 18.5 Å². The SMILES string of the molecule is CN(CCCC(=O)[O-])c1ccccc1. The van der Waals surface area contributed by atoms with Crippen molar-refractivity contribution in [3.8, 4) is 0 Å². The molecule has 76 valence electrons. The molecule has 0 spiro atoms. The number of rotatable bonds is 5. The van der Waals surface area contributed by atoms with Crippen LogP contribution in [0.4, 0.5) is 5.69 Å². The van der Waals surface area contributed by atoms with Crippen molar-refractivity contribution >= 4 is 11.7 Å². The smallest absolute Gasteiger partial charge is 0.0415 e. The van der Waals surface area contributed by atoms with Crippen LogP contribution >= 0.6 is 0 Å².